The minimum Gasteiger partial charge on any atom is -0.383 e. The van der Waals surface area contributed by atoms with Crippen molar-refractivity contribution >= 4 is 22.4 Å². The molecule has 100 valence electrons. The average Bonchev–Trinajstić information content (AvgIpc) is 2.99. The van der Waals surface area contributed by atoms with E-state index in [1.165, 1.54) is 41.4 Å². The van der Waals surface area contributed by atoms with Gasteiger partial charge in [-0.2, -0.15) is 4.37 Å². The summed E-state index contributed by atoms with van der Waals surface area (Å²) in [6.07, 6.45) is 5.22. The molecule has 18 heavy (non-hydrogen) atoms. The van der Waals surface area contributed by atoms with Crippen molar-refractivity contribution in [3.05, 3.63) is 5.56 Å². The highest BCUT2D eigenvalue weighted by molar-refractivity contribution is 7.10. The summed E-state index contributed by atoms with van der Waals surface area (Å²) in [5.74, 6) is 2.03. The van der Waals surface area contributed by atoms with Gasteiger partial charge in [-0.3, -0.25) is 0 Å². The summed E-state index contributed by atoms with van der Waals surface area (Å²) in [5, 5.41) is 4.75. The highest BCUT2D eigenvalue weighted by atomic mass is 32.1. The van der Waals surface area contributed by atoms with Crippen LogP contribution in [0.5, 0.6) is 0 Å². The first-order chi connectivity index (χ1) is 8.79. The van der Waals surface area contributed by atoms with Gasteiger partial charge >= 0.3 is 0 Å². The molecule has 1 aromatic rings. The smallest absolute Gasteiger partial charge is 0.142 e. The normalized spacial score (nSPS) is 27.6. The molecule has 2 heterocycles. The Kier molecular flexibility index (Phi) is 3.43. The summed E-state index contributed by atoms with van der Waals surface area (Å²) in [7, 11) is 0. The predicted octanol–water partition coefficient (Wildman–Crippen LogP) is 2.83. The molecule has 0 amide bonds. The lowest BCUT2D eigenvalue weighted by Crippen LogP contribution is -2.22. The molecule has 2 unspecified atom stereocenters. The fraction of sp³-hybridized carbons (Fsp3) is 0.769. The van der Waals surface area contributed by atoms with Crippen LogP contribution in [0.15, 0.2) is 0 Å². The van der Waals surface area contributed by atoms with Crippen LogP contribution in [-0.4, -0.2) is 23.6 Å². The van der Waals surface area contributed by atoms with E-state index < -0.39 is 0 Å². The molecule has 1 saturated carbocycles. The highest BCUT2D eigenvalue weighted by Crippen LogP contribution is 2.47. The monoisotopic (exact) mass is 267 g/mol. The molecular formula is C13H21N3OS. The molecular weight excluding hydrogens is 246 g/mol. The van der Waals surface area contributed by atoms with Crippen LogP contribution in [0.25, 0.3) is 0 Å². The predicted molar refractivity (Wildman–Crippen MR) is 75.1 cm³/mol. The van der Waals surface area contributed by atoms with E-state index in [0.717, 1.165) is 25.4 Å². The van der Waals surface area contributed by atoms with Gasteiger partial charge in [-0.05, 0) is 43.1 Å². The Balaban J connectivity index is 1.63. The maximum Gasteiger partial charge on any atom is 0.142 e. The third kappa shape index (κ3) is 2.34. The van der Waals surface area contributed by atoms with E-state index in [9.17, 15) is 0 Å². The molecule has 1 saturated heterocycles. The summed E-state index contributed by atoms with van der Waals surface area (Å²) >= 11 is 1.51. The van der Waals surface area contributed by atoms with Crippen LogP contribution in [0.3, 0.4) is 0 Å². The van der Waals surface area contributed by atoms with E-state index in [0.29, 0.717) is 17.9 Å². The van der Waals surface area contributed by atoms with Crippen molar-refractivity contribution in [3.8, 4) is 0 Å². The molecule has 0 aromatic carbocycles. The summed E-state index contributed by atoms with van der Waals surface area (Å²) in [6, 6.07) is 0. The van der Waals surface area contributed by atoms with E-state index in [4.69, 9.17) is 10.5 Å². The van der Waals surface area contributed by atoms with Gasteiger partial charge in [-0.1, -0.05) is 6.92 Å². The largest absolute Gasteiger partial charge is 0.383 e. The lowest BCUT2D eigenvalue weighted by atomic mass is 10.00. The molecule has 3 rings (SSSR count). The topological polar surface area (TPSA) is 60.2 Å². The molecule has 0 radical (unpaired) electrons. The lowest BCUT2D eigenvalue weighted by Gasteiger charge is -2.17. The van der Waals surface area contributed by atoms with Gasteiger partial charge in [0.25, 0.3) is 0 Å². The maximum atomic E-state index is 5.95. The van der Waals surface area contributed by atoms with Gasteiger partial charge in [0.15, 0.2) is 0 Å². The standard InChI is InChI=1S/C13H21N3OS/c1-2-10-9(5-6-17-10)7-15-13-11(8-3-4-8)12(14)16-18-13/h8-10,15H,2-7H2,1H3,(H2,14,16). The number of anilines is 2. The molecule has 1 aliphatic heterocycles. The number of nitrogens with two attached hydrogens (primary N) is 1. The molecule has 1 aliphatic carbocycles. The quantitative estimate of drug-likeness (QED) is 0.861. The van der Waals surface area contributed by atoms with Crippen molar-refractivity contribution in [3.63, 3.8) is 0 Å². The Morgan fingerprint density at radius 1 is 1.44 bits per heavy atom. The first kappa shape index (κ1) is 12.2. The Morgan fingerprint density at radius 3 is 3.00 bits per heavy atom. The average molecular weight is 267 g/mol. The number of aromatic nitrogens is 1. The second-order valence-electron chi connectivity index (χ2n) is 5.33. The summed E-state index contributed by atoms with van der Waals surface area (Å²) in [4.78, 5) is 0. The third-order valence-corrected chi connectivity index (χ3v) is 4.85. The zero-order valence-electron chi connectivity index (χ0n) is 10.8. The molecule has 0 spiro atoms. The van der Waals surface area contributed by atoms with E-state index in [1.807, 2.05) is 0 Å². The van der Waals surface area contributed by atoms with Crippen LogP contribution >= 0.6 is 11.5 Å². The van der Waals surface area contributed by atoms with Crippen LogP contribution in [-0.2, 0) is 4.74 Å². The van der Waals surface area contributed by atoms with Gasteiger partial charge in [0, 0.05) is 24.6 Å². The molecule has 1 aromatic heterocycles. The summed E-state index contributed by atoms with van der Waals surface area (Å²) in [6.45, 7) is 4.09. The van der Waals surface area contributed by atoms with Gasteiger partial charge in [0.2, 0.25) is 0 Å². The second kappa shape index (κ2) is 5.05. The van der Waals surface area contributed by atoms with Gasteiger partial charge in [-0.15, -0.1) is 0 Å². The van der Waals surface area contributed by atoms with E-state index in [-0.39, 0.29) is 0 Å². The second-order valence-corrected chi connectivity index (χ2v) is 6.11. The Morgan fingerprint density at radius 2 is 2.28 bits per heavy atom. The van der Waals surface area contributed by atoms with Gasteiger partial charge in [0.1, 0.15) is 10.8 Å². The van der Waals surface area contributed by atoms with Crippen LogP contribution < -0.4 is 11.1 Å². The maximum absolute atomic E-state index is 5.95. The lowest BCUT2D eigenvalue weighted by molar-refractivity contribution is 0.0900. The fourth-order valence-corrected chi connectivity index (χ4v) is 3.61. The highest BCUT2D eigenvalue weighted by Gasteiger charge is 2.31. The zero-order valence-corrected chi connectivity index (χ0v) is 11.6. The van der Waals surface area contributed by atoms with Crippen molar-refractivity contribution in [2.75, 3.05) is 24.2 Å². The van der Waals surface area contributed by atoms with Gasteiger partial charge in [0.05, 0.1) is 6.10 Å². The van der Waals surface area contributed by atoms with E-state index >= 15 is 0 Å². The van der Waals surface area contributed by atoms with Crippen molar-refractivity contribution in [1.29, 1.82) is 0 Å². The van der Waals surface area contributed by atoms with Crippen molar-refractivity contribution in [1.82, 2.24) is 4.37 Å². The molecule has 4 nitrogen and oxygen atoms in total. The van der Waals surface area contributed by atoms with Crippen LogP contribution in [0.2, 0.25) is 0 Å². The van der Waals surface area contributed by atoms with Crippen molar-refractivity contribution in [2.45, 2.75) is 44.6 Å². The molecule has 2 fully saturated rings. The molecule has 5 heteroatoms. The van der Waals surface area contributed by atoms with Crippen molar-refractivity contribution in [2.24, 2.45) is 5.92 Å². The molecule has 2 atom stereocenters. The van der Waals surface area contributed by atoms with Gasteiger partial charge < -0.3 is 15.8 Å². The number of nitrogens with zero attached hydrogens (tertiary/aromatic N) is 1. The fourth-order valence-electron chi connectivity index (χ4n) is 2.80. The number of ether oxygens (including phenoxy) is 1. The Bertz CT molecular complexity index is 416. The van der Waals surface area contributed by atoms with Crippen LogP contribution in [0, 0.1) is 5.92 Å². The first-order valence-electron chi connectivity index (χ1n) is 6.90. The Labute approximate surface area is 112 Å². The number of nitrogen functional groups attached to an aromatic ring is 1. The SMILES string of the molecule is CCC1OCCC1CNc1snc(N)c1C1CC1. The zero-order chi connectivity index (χ0) is 12.5. The number of rotatable bonds is 5. The summed E-state index contributed by atoms with van der Waals surface area (Å²) < 4.78 is 10.0. The molecule has 2 aliphatic rings. The van der Waals surface area contributed by atoms with E-state index in [2.05, 4.69) is 16.6 Å². The number of hydrogen-bond donors (Lipinski definition) is 2. The van der Waals surface area contributed by atoms with Crippen molar-refractivity contribution < 1.29 is 4.74 Å². The van der Waals surface area contributed by atoms with Gasteiger partial charge in [-0.25, -0.2) is 0 Å². The molecule has 3 N–H and O–H groups in total. The Hall–Kier alpha value is -0.810. The van der Waals surface area contributed by atoms with E-state index in [1.54, 1.807) is 0 Å². The summed E-state index contributed by atoms with van der Waals surface area (Å²) in [5.41, 5.74) is 7.22. The minimum absolute atomic E-state index is 0.423. The number of nitrogens with one attached hydrogen (secondary N) is 1. The minimum atomic E-state index is 0.423. The molecule has 0 bridgehead atoms. The number of hydrogen-bond acceptors (Lipinski definition) is 5. The third-order valence-electron chi connectivity index (χ3n) is 4.01. The van der Waals surface area contributed by atoms with Crippen LogP contribution in [0.4, 0.5) is 10.8 Å². The first-order valence-corrected chi connectivity index (χ1v) is 7.67. The van der Waals surface area contributed by atoms with Crippen LogP contribution in [0.1, 0.15) is 44.1 Å².